The van der Waals surface area contributed by atoms with Crippen molar-refractivity contribution in [3.63, 3.8) is 0 Å². The Morgan fingerprint density at radius 1 is 1.00 bits per heavy atom. The SMILES string of the molecule is COc1cc(OC)nc(Oc2ccc(CCl)cc2)n1. The molecular weight excluding hydrogens is 268 g/mol. The van der Waals surface area contributed by atoms with Crippen LogP contribution in [0.4, 0.5) is 0 Å². The lowest BCUT2D eigenvalue weighted by molar-refractivity contribution is 0.348. The minimum Gasteiger partial charge on any atom is -0.481 e. The van der Waals surface area contributed by atoms with Crippen LogP contribution in [0.3, 0.4) is 0 Å². The Morgan fingerprint density at radius 2 is 1.58 bits per heavy atom. The molecule has 0 aliphatic carbocycles. The molecule has 0 N–H and O–H groups in total. The molecule has 2 aromatic rings. The van der Waals surface area contributed by atoms with Gasteiger partial charge in [0.15, 0.2) is 0 Å². The number of rotatable bonds is 5. The second kappa shape index (κ2) is 6.24. The van der Waals surface area contributed by atoms with Gasteiger partial charge in [-0.1, -0.05) is 12.1 Å². The van der Waals surface area contributed by atoms with Crippen LogP contribution in [0.2, 0.25) is 0 Å². The van der Waals surface area contributed by atoms with Crippen LogP contribution in [0.5, 0.6) is 23.5 Å². The first-order valence-electron chi connectivity index (χ1n) is 5.55. The first-order chi connectivity index (χ1) is 9.25. The van der Waals surface area contributed by atoms with Gasteiger partial charge in [-0.05, 0) is 17.7 Å². The lowest BCUT2D eigenvalue weighted by Gasteiger charge is -2.07. The van der Waals surface area contributed by atoms with Crippen molar-refractivity contribution < 1.29 is 14.2 Å². The van der Waals surface area contributed by atoms with Gasteiger partial charge >= 0.3 is 6.01 Å². The highest BCUT2D eigenvalue weighted by Gasteiger charge is 2.07. The Balaban J connectivity index is 2.21. The molecule has 0 aliphatic rings. The Morgan fingerprint density at radius 3 is 2.05 bits per heavy atom. The number of ether oxygens (including phenoxy) is 3. The van der Waals surface area contributed by atoms with E-state index in [1.165, 1.54) is 14.2 Å². The second-order valence-electron chi connectivity index (χ2n) is 3.61. The maximum absolute atomic E-state index is 5.72. The molecule has 0 saturated carbocycles. The minimum absolute atomic E-state index is 0.162. The standard InChI is InChI=1S/C13H13ClN2O3/c1-17-11-7-12(18-2)16-13(15-11)19-10-5-3-9(8-14)4-6-10/h3-7H,8H2,1-2H3. The Hall–Kier alpha value is -2.01. The average molecular weight is 281 g/mol. The van der Waals surface area contributed by atoms with Crippen molar-refractivity contribution in [2.45, 2.75) is 5.88 Å². The molecule has 0 radical (unpaired) electrons. The summed E-state index contributed by atoms with van der Waals surface area (Å²) in [5.74, 6) is 1.83. The Bertz CT molecular complexity index is 524. The van der Waals surface area contributed by atoms with Crippen LogP contribution in [-0.2, 0) is 5.88 Å². The summed E-state index contributed by atoms with van der Waals surface area (Å²) in [6.07, 6.45) is 0. The predicted molar refractivity (Wildman–Crippen MR) is 71.2 cm³/mol. The van der Waals surface area contributed by atoms with Crippen LogP contribution in [-0.4, -0.2) is 24.2 Å². The van der Waals surface area contributed by atoms with Crippen LogP contribution in [0.1, 0.15) is 5.56 Å². The lowest BCUT2D eigenvalue weighted by atomic mass is 10.2. The zero-order chi connectivity index (χ0) is 13.7. The summed E-state index contributed by atoms with van der Waals surface area (Å²) < 4.78 is 15.6. The van der Waals surface area contributed by atoms with Crippen molar-refractivity contribution >= 4 is 11.6 Å². The molecule has 0 atom stereocenters. The van der Waals surface area contributed by atoms with Gasteiger partial charge in [-0.3, -0.25) is 0 Å². The smallest absolute Gasteiger partial charge is 0.328 e. The third-order valence-corrected chi connectivity index (χ3v) is 2.67. The predicted octanol–water partition coefficient (Wildman–Crippen LogP) is 3.02. The molecule has 6 heteroatoms. The number of halogens is 1. The van der Waals surface area contributed by atoms with Crippen molar-refractivity contribution in [1.29, 1.82) is 0 Å². The topological polar surface area (TPSA) is 53.5 Å². The minimum atomic E-state index is 0.162. The summed E-state index contributed by atoms with van der Waals surface area (Å²) in [7, 11) is 3.03. The number of methoxy groups -OCH3 is 2. The molecule has 19 heavy (non-hydrogen) atoms. The van der Waals surface area contributed by atoms with Gasteiger partial charge < -0.3 is 14.2 Å². The largest absolute Gasteiger partial charge is 0.481 e. The Kier molecular flexibility index (Phi) is 4.41. The van der Waals surface area contributed by atoms with E-state index >= 15 is 0 Å². The van der Waals surface area contributed by atoms with Gasteiger partial charge in [-0.25, -0.2) is 0 Å². The molecule has 0 bridgehead atoms. The molecule has 100 valence electrons. The fraction of sp³-hybridized carbons (Fsp3) is 0.231. The fourth-order valence-corrected chi connectivity index (χ4v) is 1.57. The van der Waals surface area contributed by atoms with Crippen LogP contribution in [0.25, 0.3) is 0 Å². The summed E-state index contributed by atoms with van der Waals surface area (Å²) in [5.41, 5.74) is 1.01. The summed E-state index contributed by atoms with van der Waals surface area (Å²) in [5, 5.41) is 0. The zero-order valence-electron chi connectivity index (χ0n) is 10.6. The van der Waals surface area contributed by atoms with Crippen LogP contribution in [0, 0.1) is 0 Å². The number of alkyl halides is 1. The third kappa shape index (κ3) is 3.48. The molecule has 0 saturated heterocycles. The monoisotopic (exact) mass is 280 g/mol. The first kappa shape index (κ1) is 13.4. The van der Waals surface area contributed by atoms with Crippen molar-refractivity contribution in [1.82, 2.24) is 9.97 Å². The molecule has 0 unspecified atom stereocenters. The lowest BCUT2D eigenvalue weighted by Crippen LogP contribution is -1.97. The molecule has 0 fully saturated rings. The van der Waals surface area contributed by atoms with E-state index in [1.807, 2.05) is 12.1 Å². The van der Waals surface area contributed by atoms with Crippen molar-refractivity contribution in [2.75, 3.05) is 14.2 Å². The van der Waals surface area contributed by atoms with E-state index in [9.17, 15) is 0 Å². The Labute approximate surface area is 116 Å². The van der Waals surface area contributed by atoms with E-state index in [0.29, 0.717) is 23.4 Å². The number of hydrogen-bond donors (Lipinski definition) is 0. The fourth-order valence-electron chi connectivity index (χ4n) is 1.39. The van der Waals surface area contributed by atoms with Gasteiger partial charge in [0.05, 0.1) is 20.3 Å². The molecular formula is C13H13ClN2O3. The number of nitrogens with zero attached hydrogens (tertiary/aromatic N) is 2. The molecule has 0 amide bonds. The van der Waals surface area contributed by atoms with E-state index in [-0.39, 0.29) is 6.01 Å². The third-order valence-electron chi connectivity index (χ3n) is 2.36. The molecule has 2 rings (SSSR count). The van der Waals surface area contributed by atoms with Crippen molar-refractivity contribution in [3.8, 4) is 23.5 Å². The normalized spacial score (nSPS) is 10.1. The van der Waals surface area contributed by atoms with E-state index in [1.54, 1.807) is 18.2 Å². The van der Waals surface area contributed by atoms with Crippen LogP contribution >= 0.6 is 11.6 Å². The summed E-state index contributed by atoms with van der Waals surface area (Å²) >= 11 is 5.72. The molecule has 5 nitrogen and oxygen atoms in total. The molecule has 0 aliphatic heterocycles. The highest BCUT2D eigenvalue weighted by molar-refractivity contribution is 6.17. The second-order valence-corrected chi connectivity index (χ2v) is 3.88. The van der Waals surface area contributed by atoms with Gasteiger partial charge in [0.1, 0.15) is 5.75 Å². The molecule has 0 spiro atoms. The molecule has 1 aromatic carbocycles. The summed E-state index contributed by atoms with van der Waals surface area (Å²) in [6.45, 7) is 0. The molecule has 1 aromatic heterocycles. The van der Waals surface area contributed by atoms with Gasteiger partial charge in [-0.2, -0.15) is 9.97 Å². The van der Waals surface area contributed by atoms with Crippen LogP contribution < -0.4 is 14.2 Å². The summed E-state index contributed by atoms with van der Waals surface area (Å²) in [4.78, 5) is 8.15. The molecule has 1 heterocycles. The maximum atomic E-state index is 5.72. The maximum Gasteiger partial charge on any atom is 0.328 e. The number of hydrogen-bond acceptors (Lipinski definition) is 5. The van der Waals surface area contributed by atoms with Gasteiger partial charge in [0.2, 0.25) is 11.8 Å². The summed E-state index contributed by atoms with van der Waals surface area (Å²) in [6, 6.07) is 9.08. The quantitative estimate of drug-likeness (QED) is 0.788. The zero-order valence-corrected chi connectivity index (χ0v) is 11.3. The highest BCUT2D eigenvalue weighted by Crippen LogP contribution is 2.23. The number of aromatic nitrogens is 2. The van der Waals surface area contributed by atoms with Crippen molar-refractivity contribution in [2.24, 2.45) is 0 Å². The van der Waals surface area contributed by atoms with Gasteiger partial charge in [0.25, 0.3) is 0 Å². The highest BCUT2D eigenvalue weighted by atomic mass is 35.5. The van der Waals surface area contributed by atoms with E-state index in [4.69, 9.17) is 25.8 Å². The average Bonchev–Trinajstić information content (AvgIpc) is 2.47. The number of benzene rings is 1. The van der Waals surface area contributed by atoms with Gasteiger partial charge in [-0.15, -0.1) is 11.6 Å². The van der Waals surface area contributed by atoms with Gasteiger partial charge in [0, 0.05) is 5.88 Å². The van der Waals surface area contributed by atoms with E-state index < -0.39 is 0 Å². The van der Waals surface area contributed by atoms with E-state index in [0.717, 1.165) is 5.56 Å². The van der Waals surface area contributed by atoms with E-state index in [2.05, 4.69) is 9.97 Å². The van der Waals surface area contributed by atoms with Crippen LogP contribution in [0.15, 0.2) is 30.3 Å². The first-order valence-corrected chi connectivity index (χ1v) is 6.08. The van der Waals surface area contributed by atoms with Crippen molar-refractivity contribution in [3.05, 3.63) is 35.9 Å².